The predicted molar refractivity (Wildman–Crippen MR) is 119 cm³/mol. The van der Waals surface area contributed by atoms with E-state index in [-0.39, 0.29) is 0 Å². The molecule has 2 bridgehead atoms. The first-order valence-corrected chi connectivity index (χ1v) is 10.7. The largest absolute Gasteiger partial charge is 0.384 e. The Kier molecular flexibility index (Phi) is 4.32. The van der Waals surface area contributed by atoms with Crippen molar-refractivity contribution in [2.75, 3.05) is 0 Å². The molecule has 2 aliphatic heterocycles. The van der Waals surface area contributed by atoms with Crippen LogP contribution in [0.4, 0.5) is 0 Å². The van der Waals surface area contributed by atoms with Crippen LogP contribution in [0.15, 0.2) is 109 Å². The summed E-state index contributed by atoms with van der Waals surface area (Å²) in [4.78, 5) is 12.3. The van der Waals surface area contributed by atoms with Crippen LogP contribution in [-0.2, 0) is 21.0 Å². The van der Waals surface area contributed by atoms with Gasteiger partial charge >= 0.3 is 0 Å². The zero-order valence-electron chi connectivity index (χ0n) is 17.3. The molecule has 0 aromatic heterocycles. The van der Waals surface area contributed by atoms with Gasteiger partial charge in [-0.05, 0) is 11.1 Å². The fourth-order valence-corrected chi connectivity index (χ4v) is 5.28. The molecule has 32 heavy (non-hydrogen) atoms. The molecule has 2 N–H and O–H groups in total. The summed E-state index contributed by atoms with van der Waals surface area (Å²) < 4.78 is 0. The topological polar surface area (TPSA) is 58.9 Å². The van der Waals surface area contributed by atoms with Crippen molar-refractivity contribution < 1.29 is 20.0 Å². The fraction of sp³-hybridized carbons (Fsp3) is 0.143. The molecule has 3 aliphatic rings. The molecule has 4 aromatic rings. The number of benzene rings is 4. The highest BCUT2D eigenvalue weighted by Gasteiger charge is 2.64. The average molecular weight is 422 g/mol. The maximum atomic E-state index is 11.7. The van der Waals surface area contributed by atoms with Gasteiger partial charge in [-0.15, -0.1) is 0 Å². The lowest BCUT2D eigenvalue weighted by molar-refractivity contribution is -0.454. The summed E-state index contributed by atoms with van der Waals surface area (Å²) in [7, 11) is 0. The van der Waals surface area contributed by atoms with Gasteiger partial charge in [0.2, 0.25) is 0 Å². The molecule has 2 atom stereocenters. The Labute approximate surface area is 186 Å². The minimum atomic E-state index is -1.26. The van der Waals surface area contributed by atoms with Crippen LogP contribution in [0.5, 0.6) is 0 Å². The van der Waals surface area contributed by atoms with Crippen molar-refractivity contribution in [2.45, 2.75) is 23.4 Å². The molecular weight excluding hydrogens is 400 g/mol. The molecule has 2 unspecified atom stereocenters. The van der Waals surface area contributed by atoms with Gasteiger partial charge in [-0.2, -0.15) is 0 Å². The second-order valence-electron chi connectivity index (χ2n) is 8.36. The van der Waals surface area contributed by atoms with Crippen molar-refractivity contribution in [3.63, 3.8) is 0 Å². The van der Waals surface area contributed by atoms with Crippen molar-refractivity contribution >= 4 is 0 Å². The van der Waals surface area contributed by atoms with Crippen molar-refractivity contribution in [2.24, 2.45) is 0 Å². The summed E-state index contributed by atoms with van der Waals surface area (Å²) in [6, 6.07) is 34.4. The van der Waals surface area contributed by atoms with E-state index in [9.17, 15) is 10.2 Å². The summed E-state index contributed by atoms with van der Waals surface area (Å²) >= 11 is 0. The van der Waals surface area contributed by atoms with Gasteiger partial charge in [-0.25, -0.2) is 9.78 Å². The summed E-state index contributed by atoms with van der Waals surface area (Å²) in [5.41, 5.74) is 2.08. The molecule has 4 nitrogen and oxygen atoms in total. The Balaban J connectivity index is 1.65. The Morgan fingerprint density at radius 3 is 1.03 bits per heavy atom. The van der Waals surface area contributed by atoms with Gasteiger partial charge in [-0.3, -0.25) is 0 Å². The monoisotopic (exact) mass is 422 g/mol. The minimum Gasteiger partial charge on any atom is -0.384 e. The van der Waals surface area contributed by atoms with E-state index in [1.54, 1.807) is 0 Å². The van der Waals surface area contributed by atoms with Crippen LogP contribution in [0.2, 0.25) is 0 Å². The number of fused-ring (bicyclic) bond motifs is 1. The highest BCUT2D eigenvalue weighted by Crippen LogP contribution is 2.63. The Morgan fingerprint density at radius 2 is 0.719 bits per heavy atom. The lowest BCUT2D eigenvalue weighted by Crippen LogP contribution is -2.57. The predicted octanol–water partition coefficient (Wildman–Crippen LogP) is 4.92. The molecule has 0 fully saturated rings. The Bertz CT molecular complexity index is 1120. The van der Waals surface area contributed by atoms with Crippen molar-refractivity contribution in [1.82, 2.24) is 0 Å². The first-order valence-electron chi connectivity index (χ1n) is 10.7. The lowest BCUT2D eigenvalue weighted by Gasteiger charge is -2.55. The van der Waals surface area contributed by atoms with Crippen molar-refractivity contribution in [3.05, 3.63) is 143 Å². The third-order valence-electron chi connectivity index (χ3n) is 6.76. The van der Waals surface area contributed by atoms with E-state index in [1.165, 1.54) is 0 Å². The molecular formula is C28H22O4. The van der Waals surface area contributed by atoms with E-state index in [0.29, 0.717) is 0 Å². The molecule has 0 saturated carbocycles. The number of rotatable bonds is 4. The Hall–Kier alpha value is -3.28. The Morgan fingerprint density at radius 1 is 0.438 bits per heavy atom. The summed E-state index contributed by atoms with van der Waals surface area (Å²) in [5.74, 6) is 0. The van der Waals surface area contributed by atoms with Gasteiger partial charge in [0.1, 0.15) is 12.2 Å². The smallest absolute Gasteiger partial charge is 0.184 e. The van der Waals surface area contributed by atoms with Gasteiger partial charge in [0.15, 0.2) is 11.2 Å². The lowest BCUT2D eigenvalue weighted by atomic mass is 9.62. The van der Waals surface area contributed by atoms with Crippen LogP contribution in [-0.4, -0.2) is 10.2 Å². The highest BCUT2D eigenvalue weighted by atomic mass is 17.2. The zero-order valence-corrected chi connectivity index (χ0v) is 17.3. The van der Waals surface area contributed by atoms with Crippen molar-refractivity contribution in [3.8, 4) is 0 Å². The zero-order chi connectivity index (χ0) is 21.8. The molecule has 0 spiro atoms. The molecule has 158 valence electrons. The molecule has 1 aliphatic carbocycles. The normalized spacial score (nSPS) is 24.9. The van der Waals surface area contributed by atoms with Crippen LogP contribution >= 0.6 is 0 Å². The third kappa shape index (κ3) is 2.41. The summed E-state index contributed by atoms with van der Waals surface area (Å²) in [5, 5.41) is 23.4. The van der Waals surface area contributed by atoms with E-state index >= 15 is 0 Å². The van der Waals surface area contributed by atoms with Crippen LogP contribution in [0.3, 0.4) is 0 Å². The highest BCUT2D eigenvalue weighted by molar-refractivity contribution is 5.61. The van der Waals surface area contributed by atoms with E-state index in [4.69, 9.17) is 9.78 Å². The molecule has 7 rings (SSSR count). The van der Waals surface area contributed by atoms with Gasteiger partial charge < -0.3 is 10.2 Å². The summed E-state index contributed by atoms with van der Waals surface area (Å²) in [6.45, 7) is 0. The number of aliphatic hydroxyl groups excluding tert-OH is 2. The van der Waals surface area contributed by atoms with E-state index in [0.717, 1.165) is 33.4 Å². The molecule has 0 amide bonds. The number of hydrogen-bond donors (Lipinski definition) is 2. The molecule has 2 heterocycles. The maximum Gasteiger partial charge on any atom is 0.184 e. The average Bonchev–Trinajstić information content (AvgIpc) is 2.89. The molecule has 4 aromatic carbocycles. The van der Waals surface area contributed by atoms with Crippen molar-refractivity contribution in [1.29, 1.82) is 0 Å². The molecule has 4 heteroatoms. The van der Waals surface area contributed by atoms with Crippen LogP contribution in [0, 0.1) is 0 Å². The van der Waals surface area contributed by atoms with Gasteiger partial charge in [0.25, 0.3) is 0 Å². The van der Waals surface area contributed by atoms with E-state index < -0.39 is 23.4 Å². The van der Waals surface area contributed by atoms with E-state index in [1.807, 2.05) is 109 Å². The molecule has 0 radical (unpaired) electrons. The quantitative estimate of drug-likeness (QED) is 0.459. The van der Waals surface area contributed by atoms with Gasteiger partial charge in [0, 0.05) is 22.3 Å². The van der Waals surface area contributed by atoms with Gasteiger partial charge in [-0.1, -0.05) is 109 Å². The SMILES string of the molecule is OC(c1ccccc1)C12OOC(C(O)c3ccccc3)(c3ccccc31)c1ccccc12. The first kappa shape index (κ1) is 19.4. The third-order valence-corrected chi connectivity index (χ3v) is 6.76. The fourth-order valence-electron chi connectivity index (χ4n) is 5.28. The van der Waals surface area contributed by atoms with Crippen LogP contribution < -0.4 is 0 Å². The number of aliphatic hydroxyl groups is 2. The first-order chi connectivity index (χ1) is 15.7. The minimum absolute atomic E-state index is 0.721. The maximum absolute atomic E-state index is 11.7. The second kappa shape index (κ2) is 7.12. The second-order valence-corrected chi connectivity index (χ2v) is 8.36. The van der Waals surface area contributed by atoms with E-state index in [2.05, 4.69) is 0 Å². The van der Waals surface area contributed by atoms with Gasteiger partial charge in [0.05, 0.1) is 0 Å². The summed E-state index contributed by atoms with van der Waals surface area (Å²) in [6.07, 6.45) is -2.03. The van der Waals surface area contributed by atoms with Crippen LogP contribution in [0.25, 0.3) is 0 Å². The number of hydrogen-bond acceptors (Lipinski definition) is 4. The van der Waals surface area contributed by atoms with Crippen LogP contribution in [0.1, 0.15) is 45.6 Å². The standard InChI is InChI=1S/C28H22O4/c29-25(19-11-3-1-4-12-19)27-21-15-7-9-17-23(21)28(32-31-27,24-18-10-8-16-22(24)27)26(30)20-13-5-2-6-14-20/h1-18,25-26,29-30H. The molecule has 0 saturated heterocycles.